The molecule has 0 saturated heterocycles. The van der Waals surface area contributed by atoms with Crippen molar-refractivity contribution in [3.8, 4) is 0 Å². The first-order valence-electron chi connectivity index (χ1n) is 4.35. The van der Waals surface area contributed by atoms with Gasteiger partial charge in [-0.05, 0) is 26.8 Å². The third-order valence-electron chi connectivity index (χ3n) is 1.91. The van der Waals surface area contributed by atoms with Crippen LogP contribution in [-0.2, 0) is 11.3 Å². The lowest BCUT2D eigenvalue weighted by Crippen LogP contribution is -2.00. The van der Waals surface area contributed by atoms with Crippen molar-refractivity contribution in [3.05, 3.63) is 28.8 Å². The molecule has 0 fully saturated rings. The van der Waals surface area contributed by atoms with Crippen LogP contribution in [-0.4, -0.2) is 11.6 Å². The second-order valence-electron chi connectivity index (χ2n) is 2.94. The number of pyridine rings is 1. The van der Waals surface area contributed by atoms with E-state index >= 15 is 0 Å². The summed E-state index contributed by atoms with van der Waals surface area (Å²) in [6.45, 7) is 6.50. The molecule has 0 atom stereocenters. The maximum atomic E-state index is 13.1. The molecule has 1 heterocycles. The van der Waals surface area contributed by atoms with E-state index in [9.17, 15) is 4.39 Å². The highest BCUT2D eigenvalue weighted by Gasteiger charge is 2.05. The van der Waals surface area contributed by atoms with E-state index in [1.54, 1.807) is 6.92 Å². The molecule has 0 spiro atoms. The van der Waals surface area contributed by atoms with E-state index in [0.29, 0.717) is 18.9 Å². The van der Waals surface area contributed by atoms with E-state index in [-0.39, 0.29) is 5.82 Å². The van der Waals surface area contributed by atoms with Crippen molar-refractivity contribution in [2.24, 2.45) is 0 Å². The SMILES string of the molecule is CCOCc1cc(F)c(C)nc1C. The maximum absolute atomic E-state index is 13.1. The van der Waals surface area contributed by atoms with Crippen molar-refractivity contribution in [2.45, 2.75) is 27.4 Å². The van der Waals surface area contributed by atoms with Crippen LogP contribution in [0.3, 0.4) is 0 Å². The Bertz CT molecular complexity index is 299. The average molecular weight is 183 g/mol. The predicted molar refractivity (Wildman–Crippen MR) is 49.0 cm³/mol. The maximum Gasteiger partial charge on any atom is 0.144 e. The molecule has 0 aliphatic heterocycles. The zero-order valence-corrected chi connectivity index (χ0v) is 8.22. The second kappa shape index (κ2) is 4.33. The van der Waals surface area contributed by atoms with Crippen LogP contribution in [0.1, 0.15) is 23.9 Å². The van der Waals surface area contributed by atoms with Crippen LogP contribution in [0.5, 0.6) is 0 Å². The first-order valence-corrected chi connectivity index (χ1v) is 4.35. The number of hydrogen-bond acceptors (Lipinski definition) is 2. The van der Waals surface area contributed by atoms with E-state index in [1.807, 2.05) is 13.8 Å². The molecule has 1 aromatic heterocycles. The summed E-state index contributed by atoms with van der Waals surface area (Å²) in [4.78, 5) is 4.07. The third-order valence-corrected chi connectivity index (χ3v) is 1.91. The van der Waals surface area contributed by atoms with Crippen LogP contribution < -0.4 is 0 Å². The van der Waals surface area contributed by atoms with Gasteiger partial charge < -0.3 is 4.74 Å². The molecule has 0 saturated carbocycles. The second-order valence-corrected chi connectivity index (χ2v) is 2.94. The van der Waals surface area contributed by atoms with Crippen molar-refractivity contribution in [1.29, 1.82) is 0 Å². The number of hydrogen-bond donors (Lipinski definition) is 0. The highest BCUT2D eigenvalue weighted by Crippen LogP contribution is 2.11. The van der Waals surface area contributed by atoms with Crippen molar-refractivity contribution < 1.29 is 9.13 Å². The monoisotopic (exact) mass is 183 g/mol. The van der Waals surface area contributed by atoms with Crippen LogP contribution >= 0.6 is 0 Å². The highest BCUT2D eigenvalue weighted by atomic mass is 19.1. The largest absolute Gasteiger partial charge is 0.377 e. The fourth-order valence-electron chi connectivity index (χ4n) is 1.10. The van der Waals surface area contributed by atoms with Gasteiger partial charge >= 0.3 is 0 Å². The van der Waals surface area contributed by atoms with Crippen molar-refractivity contribution in [3.63, 3.8) is 0 Å². The fraction of sp³-hybridized carbons (Fsp3) is 0.500. The summed E-state index contributed by atoms with van der Waals surface area (Å²) in [6, 6.07) is 1.49. The van der Waals surface area contributed by atoms with Crippen molar-refractivity contribution in [2.75, 3.05) is 6.61 Å². The lowest BCUT2D eigenvalue weighted by Gasteiger charge is -2.06. The Hall–Kier alpha value is -0.960. The predicted octanol–water partition coefficient (Wildman–Crippen LogP) is 2.37. The van der Waals surface area contributed by atoms with Gasteiger partial charge in [0.05, 0.1) is 12.3 Å². The summed E-state index contributed by atoms with van der Waals surface area (Å²) < 4.78 is 18.3. The Morgan fingerprint density at radius 2 is 2.08 bits per heavy atom. The van der Waals surface area contributed by atoms with Crippen LogP contribution in [0.4, 0.5) is 4.39 Å². The zero-order valence-electron chi connectivity index (χ0n) is 8.22. The van der Waals surface area contributed by atoms with Crippen LogP contribution in [0, 0.1) is 19.7 Å². The minimum absolute atomic E-state index is 0.264. The zero-order chi connectivity index (χ0) is 9.84. The van der Waals surface area contributed by atoms with E-state index in [4.69, 9.17) is 4.74 Å². The molecule has 3 heteroatoms. The summed E-state index contributed by atoms with van der Waals surface area (Å²) in [5, 5.41) is 0. The minimum atomic E-state index is -0.264. The average Bonchev–Trinajstić information content (AvgIpc) is 2.09. The molecule has 0 aliphatic rings. The summed E-state index contributed by atoms with van der Waals surface area (Å²) in [6.07, 6.45) is 0. The van der Waals surface area contributed by atoms with Gasteiger partial charge in [0.25, 0.3) is 0 Å². The van der Waals surface area contributed by atoms with Gasteiger partial charge in [0.2, 0.25) is 0 Å². The number of halogens is 1. The number of aromatic nitrogens is 1. The molecular formula is C10H14FNO. The Balaban J connectivity index is 2.88. The summed E-state index contributed by atoms with van der Waals surface area (Å²) in [5.74, 6) is -0.264. The van der Waals surface area contributed by atoms with E-state index < -0.39 is 0 Å². The molecule has 0 aliphatic carbocycles. The fourth-order valence-corrected chi connectivity index (χ4v) is 1.10. The number of aryl methyl sites for hydroxylation is 2. The lowest BCUT2D eigenvalue weighted by molar-refractivity contribution is 0.133. The van der Waals surface area contributed by atoms with Gasteiger partial charge in [-0.1, -0.05) is 0 Å². The topological polar surface area (TPSA) is 22.1 Å². The first kappa shape index (κ1) is 10.1. The molecule has 1 aromatic rings. The van der Waals surface area contributed by atoms with Gasteiger partial charge in [-0.3, -0.25) is 4.98 Å². The Morgan fingerprint density at radius 3 is 2.69 bits per heavy atom. The van der Waals surface area contributed by atoms with Gasteiger partial charge in [-0.15, -0.1) is 0 Å². The standard InChI is InChI=1S/C10H14FNO/c1-4-13-6-9-5-10(11)8(3)12-7(9)2/h5H,4,6H2,1-3H3. The van der Waals surface area contributed by atoms with Gasteiger partial charge in [-0.25, -0.2) is 4.39 Å². The molecule has 0 amide bonds. The van der Waals surface area contributed by atoms with E-state index in [1.165, 1.54) is 6.07 Å². The molecule has 0 N–H and O–H groups in total. The summed E-state index contributed by atoms with van der Waals surface area (Å²) >= 11 is 0. The normalized spacial score (nSPS) is 10.5. The van der Waals surface area contributed by atoms with E-state index in [0.717, 1.165) is 11.3 Å². The van der Waals surface area contributed by atoms with Gasteiger partial charge in [0.1, 0.15) is 5.82 Å². The molecule has 2 nitrogen and oxygen atoms in total. The molecule has 72 valence electrons. The van der Waals surface area contributed by atoms with Gasteiger partial charge in [0.15, 0.2) is 0 Å². The molecule has 0 aromatic carbocycles. The Morgan fingerprint density at radius 1 is 1.38 bits per heavy atom. The number of nitrogens with zero attached hydrogens (tertiary/aromatic N) is 1. The molecule has 0 radical (unpaired) electrons. The molecular weight excluding hydrogens is 169 g/mol. The number of rotatable bonds is 3. The first-order chi connectivity index (χ1) is 6.15. The quantitative estimate of drug-likeness (QED) is 0.717. The molecule has 0 bridgehead atoms. The van der Waals surface area contributed by atoms with Crippen LogP contribution in [0.15, 0.2) is 6.07 Å². The van der Waals surface area contributed by atoms with Crippen LogP contribution in [0.25, 0.3) is 0 Å². The van der Waals surface area contributed by atoms with E-state index in [2.05, 4.69) is 4.98 Å². The smallest absolute Gasteiger partial charge is 0.144 e. The summed E-state index contributed by atoms with van der Waals surface area (Å²) in [5.41, 5.74) is 2.11. The third kappa shape index (κ3) is 2.49. The van der Waals surface area contributed by atoms with Gasteiger partial charge in [-0.2, -0.15) is 0 Å². The Labute approximate surface area is 77.8 Å². The molecule has 0 unspecified atom stereocenters. The van der Waals surface area contributed by atoms with Crippen molar-refractivity contribution >= 4 is 0 Å². The van der Waals surface area contributed by atoms with Crippen LogP contribution in [0.2, 0.25) is 0 Å². The summed E-state index contributed by atoms with van der Waals surface area (Å²) in [7, 11) is 0. The Kier molecular flexibility index (Phi) is 3.37. The number of ether oxygens (including phenoxy) is 1. The lowest BCUT2D eigenvalue weighted by atomic mass is 10.2. The minimum Gasteiger partial charge on any atom is -0.377 e. The molecule has 13 heavy (non-hydrogen) atoms. The highest BCUT2D eigenvalue weighted by molar-refractivity contribution is 5.22. The van der Waals surface area contributed by atoms with Gasteiger partial charge in [0, 0.05) is 17.9 Å². The van der Waals surface area contributed by atoms with Crippen molar-refractivity contribution in [1.82, 2.24) is 4.98 Å². The molecule has 1 rings (SSSR count).